The van der Waals surface area contributed by atoms with Gasteiger partial charge in [-0.05, 0) is 58.5 Å². The third kappa shape index (κ3) is 5.20. The van der Waals surface area contributed by atoms with Gasteiger partial charge in [-0.2, -0.15) is 0 Å². The van der Waals surface area contributed by atoms with Crippen LogP contribution in [0.5, 0.6) is 0 Å². The first-order valence-electron chi connectivity index (χ1n) is 9.74. The van der Waals surface area contributed by atoms with Gasteiger partial charge in [-0.15, -0.1) is 0 Å². The molecule has 4 nitrogen and oxygen atoms in total. The van der Waals surface area contributed by atoms with Crippen LogP contribution in [0.1, 0.15) is 37.8 Å². The number of hydrogen-bond donors (Lipinski definition) is 2. The predicted molar refractivity (Wildman–Crippen MR) is 109 cm³/mol. The van der Waals surface area contributed by atoms with Crippen LogP contribution in [0.25, 0.3) is 5.57 Å². The van der Waals surface area contributed by atoms with Crippen molar-refractivity contribution >= 4 is 11.5 Å². The first kappa shape index (κ1) is 21.9. The highest BCUT2D eigenvalue weighted by molar-refractivity contribution is 5.84. The molecular formula is C24H24F2O4. The molecule has 158 valence electrons. The van der Waals surface area contributed by atoms with Crippen molar-refractivity contribution in [3.63, 3.8) is 0 Å². The second kappa shape index (κ2) is 8.90. The fourth-order valence-corrected chi connectivity index (χ4v) is 3.50. The zero-order chi connectivity index (χ0) is 21.9. The van der Waals surface area contributed by atoms with Gasteiger partial charge in [0.25, 0.3) is 0 Å². The number of hydrogen-bond acceptors (Lipinski definition) is 4. The van der Waals surface area contributed by atoms with Gasteiger partial charge in [0, 0.05) is 6.42 Å². The number of rotatable bonds is 5. The molecule has 1 saturated heterocycles. The third-order valence-corrected chi connectivity index (χ3v) is 4.92. The number of allylic oxidation sites excluding steroid dienone is 2. The average molecular weight is 414 g/mol. The Morgan fingerprint density at radius 2 is 1.57 bits per heavy atom. The van der Waals surface area contributed by atoms with Crippen molar-refractivity contribution in [1.82, 2.24) is 0 Å². The van der Waals surface area contributed by atoms with Crippen molar-refractivity contribution in [3.05, 3.63) is 89.0 Å². The Labute approximate surface area is 174 Å². The maximum absolute atomic E-state index is 13.5. The van der Waals surface area contributed by atoms with Crippen molar-refractivity contribution in [1.29, 1.82) is 0 Å². The van der Waals surface area contributed by atoms with Gasteiger partial charge in [-0.25, -0.2) is 8.78 Å². The summed E-state index contributed by atoms with van der Waals surface area (Å²) in [6, 6.07) is 11.9. The van der Waals surface area contributed by atoms with Crippen LogP contribution in [0.15, 0.2) is 66.3 Å². The van der Waals surface area contributed by atoms with E-state index in [-0.39, 0.29) is 30.4 Å². The molecule has 2 aromatic rings. The molecule has 30 heavy (non-hydrogen) atoms. The van der Waals surface area contributed by atoms with E-state index in [1.165, 1.54) is 30.3 Å². The fourth-order valence-electron chi connectivity index (χ4n) is 3.50. The van der Waals surface area contributed by atoms with Crippen LogP contribution < -0.4 is 0 Å². The highest BCUT2D eigenvalue weighted by Crippen LogP contribution is 2.33. The second-order valence-electron chi connectivity index (χ2n) is 7.71. The summed E-state index contributed by atoms with van der Waals surface area (Å²) in [5, 5.41) is 20.5. The Morgan fingerprint density at radius 3 is 2.00 bits per heavy atom. The summed E-state index contributed by atoms with van der Waals surface area (Å²) in [6.45, 7) is 3.89. The summed E-state index contributed by atoms with van der Waals surface area (Å²) in [5.41, 5.74) is 2.92. The Hall–Kier alpha value is -2.83. The highest BCUT2D eigenvalue weighted by atomic mass is 19.1. The van der Waals surface area contributed by atoms with Crippen LogP contribution in [0.2, 0.25) is 0 Å². The molecule has 1 aliphatic rings. The first-order chi connectivity index (χ1) is 14.2. The van der Waals surface area contributed by atoms with E-state index in [2.05, 4.69) is 0 Å². The zero-order valence-electron chi connectivity index (χ0n) is 16.8. The van der Waals surface area contributed by atoms with Crippen LogP contribution in [0.4, 0.5) is 8.78 Å². The highest BCUT2D eigenvalue weighted by Gasteiger charge is 2.37. The summed E-state index contributed by atoms with van der Waals surface area (Å²) in [6.07, 6.45) is 1.68. The lowest BCUT2D eigenvalue weighted by molar-refractivity contribution is -0.214. The number of carbonyl (C=O) groups is 1. The maximum atomic E-state index is 13.5. The molecule has 6 heteroatoms. The average Bonchev–Trinajstić information content (AvgIpc) is 2.66. The van der Waals surface area contributed by atoms with Gasteiger partial charge in [0.1, 0.15) is 11.6 Å². The summed E-state index contributed by atoms with van der Waals surface area (Å²) in [4.78, 5) is 11.6. The molecule has 1 fully saturated rings. The lowest BCUT2D eigenvalue weighted by Gasteiger charge is -2.31. The number of ether oxygens (including phenoxy) is 1. The minimum absolute atomic E-state index is 0.0424. The van der Waals surface area contributed by atoms with Gasteiger partial charge in [0.15, 0.2) is 0 Å². The third-order valence-electron chi connectivity index (χ3n) is 4.92. The van der Waals surface area contributed by atoms with E-state index in [9.17, 15) is 23.8 Å². The molecule has 0 saturated carbocycles. The molecule has 1 heterocycles. The van der Waals surface area contributed by atoms with Gasteiger partial charge in [0.05, 0.1) is 12.5 Å². The van der Waals surface area contributed by atoms with Crippen molar-refractivity contribution < 1.29 is 28.5 Å². The molecule has 0 radical (unpaired) electrons. The molecule has 2 atom stereocenters. The molecule has 0 aliphatic carbocycles. The second-order valence-corrected chi connectivity index (χ2v) is 7.71. The molecule has 0 spiro atoms. The maximum Gasteiger partial charge on any atom is 0.311 e. The monoisotopic (exact) mass is 414 g/mol. The van der Waals surface area contributed by atoms with Crippen LogP contribution in [-0.4, -0.2) is 28.1 Å². The van der Waals surface area contributed by atoms with Crippen molar-refractivity contribution in [3.8, 4) is 0 Å². The number of benzene rings is 2. The molecule has 0 aromatic heterocycles. The molecular weight excluding hydrogens is 390 g/mol. The van der Waals surface area contributed by atoms with Crippen molar-refractivity contribution in [2.75, 3.05) is 0 Å². The summed E-state index contributed by atoms with van der Waals surface area (Å²) in [7, 11) is 0. The molecule has 0 unspecified atom stereocenters. The lowest BCUT2D eigenvalue weighted by atomic mass is 9.87. The van der Waals surface area contributed by atoms with Gasteiger partial charge in [-0.3, -0.25) is 4.79 Å². The van der Waals surface area contributed by atoms with E-state index in [0.717, 1.165) is 11.1 Å². The van der Waals surface area contributed by atoms with E-state index in [0.29, 0.717) is 11.1 Å². The fraction of sp³-hybridized carbons (Fsp3) is 0.292. The molecule has 0 bridgehead atoms. The van der Waals surface area contributed by atoms with Crippen molar-refractivity contribution in [2.45, 2.75) is 38.6 Å². The Balaban J connectivity index is 2.13. The van der Waals surface area contributed by atoms with E-state index in [1.807, 2.05) is 13.8 Å². The van der Waals surface area contributed by atoms with Gasteiger partial charge < -0.3 is 14.9 Å². The standard InChI is InChI=1S/C24H24F2O4/c1-15(2)21(11-12-24(29)14-20(27)13-22(28)30-24)23(16-3-7-18(25)8-4-16)17-5-9-19(26)10-6-17/h3-12,15,20,27,29H,13-14H2,1-2H3/t20-,24+/m1/s1. The number of carbonyl (C=O) groups excluding carboxylic acids is 1. The van der Waals surface area contributed by atoms with Gasteiger partial charge in [0.2, 0.25) is 5.79 Å². The van der Waals surface area contributed by atoms with Crippen molar-refractivity contribution in [2.24, 2.45) is 5.92 Å². The van der Waals surface area contributed by atoms with E-state index < -0.39 is 17.9 Å². The quantitative estimate of drug-likeness (QED) is 0.563. The van der Waals surface area contributed by atoms with Crippen LogP contribution in [-0.2, 0) is 9.53 Å². The molecule has 2 aromatic carbocycles. The van der Waals surface area contributed by atoms with E-state index >= 15 is 0 Å². The molecule has 1 aliphatic heterocycles. The summed E-state index contributed by atoms with van der Waals surface area (Å²) >= 11 is 0. The Kier molecular flexibility index (Phi) is 6.48. The first-order valence-corrected chi connectivity index (χ1v) is 9.74. The Bertz CT molecular complexity index is 914. The topological polar surface area (TPSA) is 66.8 Å². The number of esters is 1. The number of halogens is 2. The molecule has 0 amide bonds. The number of aliphatic hydroxyl groups is 2. The van der Waals surface area contributed by atoms with Gasteiger partial charge >= 0.3 is 5.97 Å². The molecule has 2 N–H and O–H groups in total. The Morgan fingerprint density at radius 1 is 1.07 bits per heavy atom. The number of aliphatic hydroxyl groups excluding tert-OH is 1. The van der Waals surface area contributed by atoms with Crippen LogP contribution in [0.3, 0.4) is 0 Å². The van der Waals surface area contributed by atoms with E-state index in [4.69, 9.17) is 4.74 Å². The summed E-state index contributed by atoms with van der Waals surface area (Å²) < 4.78 is 32.0. The summed E-state index contributed by atoms with van der Waals surface area (Å²) in [5.74, 6) is -3.41. The predicted octanol–water partition coefficient (Wildman–Crippen LogP) is 4.37. The van der Waals surface area contributed by atoms with Crippen LogP contribution in [0, 0.1) is 17.6 Å². The smallest absolute Gasteiger partial charge is 0.311 e. The van der Waals surface area contributed by atoms with Crippen LogP contribution >= 0.6 is 0 Å². The normalized spacial score (nSPS) is 21.7. The zero-order valence-corrected chi connectivity index (χ0v) is 16.8. The largest absolute Gasteiger partial charge is 0.429 e. The minimum atomic E-state index is -1.93. The SMILES string of the molecule is CC(C)C(C=C[C@@]1(O)C[C@H](O)CC(=O)O1)=C(c1ccc(F)cc1)c1ccc(F)cc1. The lowest BCUT2D eigenvalue weighted by Crippen LogP contribution is -2.42. The molecule has 3 rings (SSSR count). The van der Waals surface area contributed by atoms with E-state index in [1.54, 1.807) is 30.3 Å². The minimum Gasteiger partial charge on any atom is -0.429 e. The van der Waals surface area contributed by atoms with Gasteiger partial charge in [-0.1, -0.05) is 44.2 Å². The number of cyclic esters (lactones) is 1.